The minimum Gasteiger partial charge on any atom is -0.491 e. The fraction of sp³-hybridized carbons (Fsp3) is 0.216. The van der Waals surface area contributed by atoms with Crippen LogP contribution in [-0.4, -0.2) is 23.2 Å². The van der Waals surface area contributed by atoms with Gasteiger partial charge in [-0.2, -0.15) is 0 Å². The Kier molecular flexibility index (Phi) is 9.24. The van der Waals surface area contributed by atoms with Crippen molar-refractivity contribution in [3.8, 4) is 11.5 Å². The van der Waals surface area contributed by atoms with Crippen LogP contribution in [0.4, 0.5) is 0 Å². The van der Waals surface area contributed by atoms with Crippen LogP contribution >= 0.6 is 27.3 Å². The average molecular weight is 698 g/mol. The molecule has 0 spiro atoms. The Balaban J connectivity index is 1.50. The van der Waals surface area contributed by atoms with Gasteiger partial charge in [0.25, 0.3) is 5.56 Å². The van der Waals surface area contributed by atoms with Gasteiger partial charge in [0.15, 0.2) is 4.80 Å². The summed E-state index contributed by atoms with van der Waals surface area (Å²) in [5, 5.41) is 1.99. The second-order valence-corrected chi connectivity index (χ2v) is 13.1. The minimum absolute atomic E-state index is 0.0126. The first kappa shape index (κ1) is 31.5. The number of thiazole rings is 1. The van der Waals surface area contributed by atoms with E-state index in [2.05, 4.69) is 15.9 Å². The zero-order valence-corrected chi connectivity index (χ0v) is 28.4. The molecule has 9 heteroatoms. The van der Waals surface area contributed by atoms with Gasteiger partial charge >= 0.3 is 5.97 Å². The summed E-state index contributed by atoms with van der Waals surface area (Å²) in [7, 11) is 0. The molecule has 0 unspecified atom stereocenters. The largest absolute Gasteiger partial charge is 0.491 e. The highest BCUT2D eigenvalue weighted by Gasteiger charge is 2.33. The number of hydrogen-bond acceptors (Lipinski definition) is 7. The van der Waals surface area contributed by atoms with Crippen LogP contribution in [-0.2, 0) is 16.1 Å². The van der Waals surface area contributed by atoms with Gasteiger partial charge in [0.2, 0.25) is 0 Å². The molecule has 0 fully saturated rings. The fourth-order valence-electron chi connectivity index (χ4n) is 5.53. The number of halogens is 1. The average Bonchev–Trinajstić information content (AvgIpc) is 3.34. The molecule has 46 heavy (non-hydrogen) atoms. The number of benzene rings is 4. The summed E-state index contributed by atoms with van der Waals surface area (Å²) in [5.41, 5.74) is 3.17. The molecule has 0 amide bonds. The van der Waals surface area contributed by atoms with Gasteiger partial charge in [0.05, 0.1) is 34.6 Å². The molecule has 1 aromatic heterocycles. The molecule has 0 bridgehead atoms. The molecular weight excluding hydrogens is 664 g/mol. The number of hydrogen-bond donors (Lipinski definition) is 0. The van der Waals surface area contributed by atoms with Crippen LogP contribution in [0.2, 0.25) is 0 Å². The zero-order chi connectivity index (χ0) is 32.4. The summed E-state index contributed by atoms with van der Waals surface area (Å²) >= 11 is 4.77. The molecule has 0 saturated heterocycles. The van der Waals surface area contributed by atoms with E-state index in [0.29, 0.717) is 38.7 Å². The molecule has 0 radical (unpaired) electrons. The molecule has 6 rings (SSSR count). The predicted molar refractivity (Wildman–Crippen MR) is 185 cm³/mol. The van der Waals surface area contributed by atoms with Gasteiger partial charge in [0, 0.05) is 10.0 Å². The molecule has 2 heterocycles. The first-order valence-electron chi connectivity index (χ1n) is 15.1. The monoisotopic (exact) mass is 696 g/mol. The third-order valence-corrected chi connectivity index (χ3v) is 9.11. The van der Waals surface area contributed by atoms with Crippen LogP contribution in [0.3, 0.4) is 0 Å². The van der Waals surface area contributed by atoms with Gasteiger partial charge in [-0.05, 0) is 86.0 Å². The Morgan fingerprint density at radius 2 is 1.76 bits per heavy atom. The molecule has 0 aliphatic carbocycles. The van der Waals surface area contributed by atoms with E-state index in [1.807, 2.05) is 105 Å². The Bertz CT molecular complexity index is 2130. The number of ether oxygens (including phenoxy) is 3. The number of carbonyl (C=O) groups excluding carboxylic acids is 1. The van der Waals surface area contributed by atoms with E-state index in [0.717, 1.165) is 31.9 Å². The smallest absolute Gasteiger partial charge is 0.338 e. The molecule has 1 aliphatic rings. The van der Waals surface area contributed by atoms with E-state index < -0.39 is 12.0 Å². The standard InChI is InChI=1S/C37H33BrN2O5S/c1-5-43-36(42)33-23(4)39-37-40(34(33)26-12-17-28(18-13-26)45-22(2)3)35(41)32(46-37)20-30-29-9-7-6-8-25(29)14-19-31(30)44-21-24-10-15-27(38)16-11-24/h6-20,22,34H,5,21H2,1-4H3/b32-20-/t34-/m1/s1. The van der Waals surface area contributed by atoms with Crippen LogP contribution in [0.25, 0.3) is 16.8 Å². The molecule has 0 N–H and O–H groups in total. The lowest BCUT2D eigenvalue weighted by molar-refractivity contribution is -0.139. The Labute approximate surface area is 279 Å². The zero-order valence-electron chi connectivity index (χ0n) is 26.0. The van der Waals surface area contributed by atoms with Crippen molar-refractivity contribution >= 4 is 50.1 Å². The highest BCUT2D eigenvalue weighted by Crippen LogP contribution is 2.33. The molecule has 1 atom stereocenters. The van der Waals surface area contributed by atoms with E-state index in [4.69, 9.17) is 19.2 Å². The van der Waals surface area contributed by atoms with Crippen LogP contribution in [0.1, 0.15) is 50.4 Å². The molecule has 0 saturated carbocycles. The number of allylic oxidation sites excluding steroid dienone is 1. The predicted octanol–water partition coefficient (Wildman–Crippen LogP) is 7.08. The SMILES string of the molecule is CCOC(=O)C1=C(C)N=c2s/c(=C\c3c(OCc4ccc(Br)cc4)ccc4ccccc34)c(=O)n2[C@@H]1c1ccc(OC(C)C)cc1. The Hall–Kier alpha value is -4.47. The maximum atomic E-state index is 14.3. The summed E-state index contributed by atoms with van der Waals surface area (Å²) in [6.07, 6.45) is 1.89. The molecule has 7 nitrogen and oxygen atoms in total. The second kappa shape index (κ2) is 13.5. The van der Waals surface area contributed by atoms with Gasteiger partial charge in [-0.15, -0.1) is 0 Å². The maximum Gasteiger partial charge on any atom is 0.338 e. The normalized spacial score (nSPS) is 14.7. The van der Waals surface area contributed by atoms with Crippen molar-refractivity contribution in [1.29, 1.82) is 0 Å². The van der Waals surface area contributed by atoms with Crippen LogP contribution < -0.4 is 24.4 Å². The summed E-state index contributed by atoms with van der Waals surface area (Å²) in [5.74, 6) is 0.868. The van der Waals surface area contributed by atoms with Gasteiger partial charge in [-0.1, -0.05) is 81.9 Å². The molecule has 5 aromatic rings. The number of rotatable bonds is 9. The number of aromatic nitrogens is 1. The number of esters is 1. The van der Waals surface area contributed by atoms with Crippen LogP contribution in [0.15, 0.2) is 110 Å². The van der Waals surface area contributed by atoms with Crippen molar-refractivity contribution in [2.45, 2.75) is 46.4 Å². The summed E-state index contributed by atoms with van der Waals surface area (Å²) in [6.45, 7) is 8.04. The van der Waals surface area contributed by atoms with E-state index in [1.54, 1.807) is 18.4 Å². The molecule has 1 aliphatic heterocycles. The summed E-state index contributed by atoms with van der Waals surface area (Å²) < 4.78 is 20.7. The van der Waals surface area contributed by atoms with E-state index in [9.17, 15) is 9.59 Å². The third kappa shape index (κ3) is 6.43. The van der Waals surface area contributed by atoms with Crippen molar-refractivity contribution < 1.29 is 19.0 Å². The van der Waals surface area contributed by atoms with Gasteiger partial charge < -0.3 is 14.2 Å². The van der Waals surface area contributed by atoms with Crippen molar-refractivity contribution in [2.24, 2.45) is 4.99 Å². The first-order chi connectivity index (χ1) is 22.2. The second-order valence-electron chi connectivity index (χ2n) is 11.2. The first-order valence-corrected chi connectivity index (χ1v) is 16.7. The van der Waals surface area contributed by atoms with Crippen molar-refractivity contribution in [3.63, 3.8) is 0 Å². The Morgan fingerprint density at radius 1 is 1.02 bits per heavy atom. The summed E-state index contributed by atoms with van der Waals surface area (Å²) in [4.78, 5) is 32.9. The number of carbonyl (C=O) groups is 1. The lowest BCUT2D eigenvalue weighted by Gasteiger charge is -2.25. The lowest BCUT2D eigenvalue weighted by Crippen LogP contribution is -2.39. The Morgan fingerprint density at radius 3 is 2.48 bits per heavy atom. The van der Waals surface area contributed by atoms with E-state index in [-0.39, 0.29) is 18.3 Å². The number of fused-ring (bicyclic) bond motifs is 2. The molecular formula is C37H33BrN2O5S. The lowest BCUT2D eigenvalue weighted by atomic mass is 9.96. The fourth-order valence-corrected chi connectivity index (χ4v) is 6.82. The van der Waals surface area contributed by atoms with Crippen LogP contribution in [0.5, 0.6) is 11.5 Å². The summed E-state index contributed by atoms with van der Waals surface area (Å²) in [6, 6.07) is 26.7. The highest BCUT2D eigenvalue weighted by atomic mass is 79.9. The quantitative estimate of drug-likeness (QED) is 0.154. The number of nitrogens with zero attached hydrogens (tertiary/aromatic N) is 2. The highest BCUT2D eigenvalue weighted by molar-refractivity contribution is 9.10. The maximum absolute atomic E-state index is 14.3. The van der Waals surface area contributed by atoms with Gasteiger partial charge in [-0.3, -0.25) is 9.36 Å². The topological polar surface area (TPSA) is 79.1 Å². The van der Waals surface area contributed by atoms with Crippen molar-refractivity contribution in [2.75, 3.05) is 6.61 Å². The van der Waals surface area contributed by atoms with Crippen LogP contribution in [0, 0.1) is 0 Å². The third-order valence-electron chi connectivity index (χ3n) is 7.60. The molecule has 234 valence electrons. The van der Waals surface area contributed by atoms with Gasteiger partial charge in [0.1, 0.15) is 18.1 Å². The van der Waals surface area contributed by atoms with E-state index >= 15 is 0 Å². The van der Waals surface area contributed by atoms with Crippen molar-refractivity contribution in [1.82, 2.24) is 4.57 Å². The van der Waals surface area contributed by atoms with Gasteiger partial charge in [-0.25, -0.2) is 9.79 Å². The molecule has 4 aromatic carbocycles. The minimum atomic E-state index is -0.716. The van der Waals surface area contributed by atoms with E-state index in [1.165, 1.54) is 11.3 Å². The van der Waals surface area contributed by atoms with Crippen molar-refractivity contribution in [3.05, 3.63) is 137 Å².